The van der Waals surface area contributed by atoms with Crippen molar-refractivity contribution in [3.05, 3.63) is 42.5 Å². The van der Waals surface area contributed by atoms with Gasteiger partial charge in [-0.2, -0.15) is 0 Å². The molecule has 0 spiro atoms. The minimum atomic E-state index is -0.592. The Morgan fingerprint density at radius 2 is 2.00 bits per heavy atom. The lowest BCUT2D eigenvalue weighted by atomic mass is 10.2. The lowest BCUT2D eigenvalue weighted by molar-refractivity contribution is 0.0197. The Hall–Kier alpha value is -1.92. The van der Waals surface area contributed by atoms with E-state index in [2.05, 4.69) is 10.2 Å². The van der Waals surface area contributed by atoms with E-state index < -0.39 is 6.10 Å². The van der Waals surface area contributed by atoms with Crippen LogP contribution in [0.2, 0.25) is 0 Å². The van der Waals surface area contributed by atoms with Crippen LogP contribution in [0.15, 0.2) is 36.9 Å². The third kappa shape index (κ3) is 4.04. The Bertz CT molecular complexity index is 488. The number of aliphatic hydroxyl groups is 1. The first-order valence-corrected chi connectivity index (χ1v) is 5.99. The summed E-state index contributed by atoms with van der Waals surface area (Å²) < 4.78 is 12.4. The van der Waals surface area contributed by atoms with Crippen molar-refractivity contribution in [3.8, 4) is 5.75 Å². The summed E-state index contributed by atoms with van der Waals surface area (Å²) in [6.45, 7) is 1.07. The summed E-state index contributed by atoms with van der Waals surface area (Å²) in [5, 5.41) is 17.1. The fourth-order valence-corrected chi connectivity index (χ4v) is 1.74. The number of benzene rings is 1. The van der Waals surface area contributed by atoms with Crippen LogP contribution in [0.3, 0.4) is 0 Å². The van der Waals surface area contributed by atoms with Crippen LogP contribution in [0, 0.1) is 0 Å². The molecule has 0 saturated carbocycles. The predicted molar refractivity (Wildman–Crippen MR) is 68.7 cm³/mol. The van der Waals surface area contributed by atoms with Crippen LogP contribution >= 0.6 is 0 Å². The van der Waals surface area contributed by atoms with Crippen LogP contribution in [0.25, 0.3) is 0 Å². The predicted octanol–water partition coefficient (Wildman–Crippen LogP) is 0.864. The molecule has 0 bridgehead atoms. The zero-order chi connectivity index (χ0) is 13.5. The van der Waals surface area contributed by atoms with Crippen LogP contribution in [-0.4, -0.2) is 39.7 Å². The summed E-state index contributed by atoms with van der Waals surface area (Å²) in [6.07, 6.45) is 2.53. The Morgan fingerprint density at radius 1 is 1.26 bits per heavy atom. The summed E-state index contributed by atoms with van der Waals surface area (Å²) in [6, 6.07) is 7.65. The molecule has 0 fully saturated rings. The maximum atomic E-state index is 9.79. The first kappa shape index (κ1) is 13.5. The van der Waals surface area contributed by atoms with Crippen LogP contribution in [0.1, 0.15) is 5.56 Å². The quantitative estimate of drug-likeness (QED) is 0.802. The molecule has 102 valence electrons. The highest BCUT2D eigenvalue weighted by atomic mass is 16.5. The van der Waals surface area contributed by atoms with Gasteiger partial charge in [-0.05, 0) is 6.07 Å². The van der Waals surface area contributed by atoms with Gasteiger partial charge in [0.15, 0.2) is 0 Å². The summed E-state index contributed by atoms with van der Waals surface area (Å²) in [5.74, 6) is 0.788. The van der Waals surface area contributed by atoms with E-state index in [9.17, 15) is 5.11 Å². The molecule has 1 heterocycles. The van der Waals surface area contributed by atoms with Crippen LogP contribution in [-0.2, 0) is 17.9 Å². The van der Waals surface area contributed by atoms with Gasteiger partial charge in [0.1, 0.15) is 18.4 Å². The number of hydrogen-bond donors (Lipinski definition) is 1. The molecular weight excluding hydrogens is 246 g/mol. The van der Waals surface area contributed by atoms with Crippen LogP contribution in [0.4, 0.5) is 0 Å². The third-order valence-corrected chi connectivity index (χ3v) is 2.65. The van der Waals surface area contributed by atoms with Crippen molar-refractivity contribution >= 4 is 0 Å². The summed E-state index contributed by atoms with van der Waals surface area (Å²) in [4.78, 5) is 0. The molecule has 2 rings (SSSR count). The molecule has 0 aliphatic rings. The van der Waals surface area contributed by atoms with Gasteiger partial charge in [0.25, 0.3) is 0 Å². The second-order valence-corrected chi connectivity index (χ2v) is 4.14. The molecule has 1 aromatic carbocycles. The van der Waals surface area contributed by atoms with E-state index in [1.54, 1.807) is 24.3 Å². The van der Waals surface area contributed by atoms with E-state index >= 15 is 0 Å². The lowest BCUT2D eigenvalue weighted by Crippen LogP contribution is -2.21. The van der Waals surface area contributed by atoms with Gasteiger partial charge >= 0.3 is 0 Å². The molecule has 0 aliphatic heterocycles. The Kier molecular flexibility index (Phi) is 4.88. The Balaban J connectivity index is 1.76. The normalized spacial score (nSPS) is 12.3. The first-order valence-electron chi connectivity index (χ1n) is 5.99. The molecule has 6 heteroatoms. The SMILES string of the molecule is COc1ccccc1COCC(O)Cn1cnnc1. The molecule has 6 nitrogen and oxygen atoms in total. The highest BCUT2D eigenvalue weighted by molar-refractivity contribution is 5.32. The molecule has 1 atom stereocenters. The highest BCUT2D eigenvalue weighted by Gasteiger charge is 2.07. The van der Waals surface area contributed by atoms with Crippen molar-refractivity contribution in [2.24, 2.45) is 0 Å². The van der Waals surface area contributed by atoms with Crippen molar-refractivity contribution in [3.63, 3.8) is 0 Å². The maximum absolute atomic E-state index is 9.79. The number of rotatable bonds is 7. The van der Waals surface area contributed by atoms with Crippen molar-refractivity contribution in [2.75, 3.05) is 13.7 Å². The van der Waals surface area contributed by atoms with E-state index in [-0.39, 0.29) is 6.61 Å². The molecule has 1 N–H and O–H groups in total. The number of methoxy groups -OCH3 is 1. The van der Waals surface area contributed by atoms with E-state index in [4.69, 9.17) is 9.47 Å². The largest absolute Gasteiger partial charge is 0.496 e. The zero-order valence-corrected chi connectivity index (χ0v) is 10.8. The van der Waals surface area contributed by atoms with Crippen LogP contribution < -0.4 is 4.74 Å². The molecule has 1 unspecified atom stereocenters. The van der Waals surface area contributed by atoms with Gasteiger partial charge in [0.05, 0.1) is 33.0 Å². The highest BCUT2D eigenvalue weighted by Crippen LogP contribution is 2.17. The molecular formula is C13H17N3O3. The summed E-state index contributed by atoms with van der Waals surface area (Å²) in [5.41, 5.74) is 0.960. The molecule has 0 amide bonds. The number of para-hydroxylation sites is 1. The van der Waals surface area contributed by atoms with Gasteiger partial charge < -0.3 is 19.1 Å². The lowest BCUT2D eigenvalue weighted by Gasteiger charge is -2.12. The van der Waals surface area contributed by atoms with Gasteiger partial charge in [-0.25, -0.2) is 0 Å². The van der Waals surface area contributed by atoms with Crippen molar-refractivity contribution in [1.82, 2.24) is 14.8 Å². The molecule has 1 aromatic heterocycles. The molecule has 0 aliphatic carbocycles. The first-order chi connectivity index (χ1) is 9.29. The summed E-state index contributed by atoms with van der Waals surface area (Å²) in [7, 11) is 1.62. The maximum Gasteiger partial charge on any atom is 0.124 e. The fraction of sp³-hybridized carbons (Fsp3) is 0.385. The fourth-order valence-electron chi connectivity index (χ4n) is 1.74. The Labute approximate surface area is 111 Å². The zero-order valence-electron chi connectivity index (χ0n) is 10.8. The minimum absolute atomic E-state index is 0.246. The number of aliphatic hydroxyl groups excluding tert-OH is 1. The van der Waals surface area contributed by atoms with Crippen LogP contribution in [0.5, 0.6) is 5.75 Å². The van der Waals surface area contributed by atoms with Gasteiger partial charge in [0.2, 0.25) is 0 Å². The van der Waals surface area contributed by atoms with Crippen molar-refractivity contribution in [2.45, 2.75) is 19.3 Å². The third-order valence-electron chi connectivity index (χ3n) is 2.65. The van der Waals surface area contributed by atoms with Gasteiger partial charge in [0, 0.05) is 5.56 Å². The number of ether oxygens (including phenoxy) is 2. The smallest absolute Gasteiger partial charge is 0.124 e. The summed E-state index contributed by atoms with van der Waals surface area (Å²) >= 11 is 0. The second kappa shape index (κ2) is 6.86. The minimum Gasteiger partial charge on any atom is -0.496 e. The molecule has 0 saturated heterocycles. The number of aromatic nitrogens is 3. The number of nitrogens with zero attached hydrogens (tertiary/aromatic N) is 3. The molecule has 2 aromatic rings. The average molecular weight is 263 g/mol. The van der Waals surface area contributed by atoms with E-state index in [0.717, 1.165) is 11.3 Å². The van der Waals surface area contributed by atoms with E-state index in [1.807, 2.05) is 24.3 Å². The van der Waals surface area contributed by atoms with E-state index in [0.29, 0.717) is 13.2 Å². The van der Waals surface area contributed by atoms with Crippen molar-refractivity contribution in [1.29, 1.82) is 0 Å². The van der Waals surface area contributed by atoms with E-state index in [1.165, 1.54) is 0 Å². The standard InChI is InChI=1S/C13H17N3O3/c1-18-13-5-3-2-4-11(13)7-19-8-12(17)6-16-9-14-15-10-16/h2-5,9-10,12,17H,6-8H2,1H3. The second-order valence-electron chi connectivity index (χ2n) is 4.14. The van der Waals surface area contributed by atoms with Crippen molar-refractivity contribution < 1.29 is 14.6 Å². The van der Waals surface area contributed by atoms with Gasteiger partial charge in [-0.15, -0.1) is 10.2 Å². The van der Waals surface area contributed by atoms with Gasteiger partial charge in [-0.1, -0.05) is 18.2 Å². The van der Waals surface area contributed by atoms with Gasteiger partial charge in [-0.3, -0.25) is 0 Å². The number of hydrogen-bond acceptors (Lipinski definition) is 5. The Morgan fingerprint density at radius 3 is 2.74 bits per heavy atom. The molecule has 19 heavy (non-hydrogen) atoms. The topological polar surface area (TPSA) is 69.4 Å². The monoisotopic (exact) mass is 263 g/mol. The molecule has 0 radical (unpaired) electrons. The average Bonchev–Trinajstić information content (AvgIpc) is 2.92.